The molecule has 8 heteroatoms. The molecule has 1 fully saturated rings. The van der Waals surface area contributed by atoms with Gasteiger partial charge in [0.15, 0.2) is 5.82 Å². The number of ether oxygens (including phenoxy) is 2. The lowest BCUT2D eigenvalue weighted by Gasteiger charge is -2.23. The third-order valence-electron chi connectivity index (χ3n) is 2.85. The summed E-state index contributed by atoms with van der Waals surface area (Å²) in [4.78, 5) is 12.4. The van der Waals surface area contributed by atoms with Crippen molar-refractivity contribution in [1.29, 1.82) is 0 Å². The van der Waals surface area contributed by atoms with Crippen LogP contribution in [0.15, 0.2) is 17.0 Å². The number of hydrogen-bond donors (Lipinski definition) is 1. The predicted octanol–water partition coefficient (Wildman–Crippen LogP) is 0.662. The van der Waals surface area contributed by atoms with Gasteiger partial charge in [0.05, 0.1) is 25.9 Å². The van der Waals surface area contributed by atoms with Gasteiger partial charge in [0.1, 0.15) is 17.7 Å². The SMILES string of the molecule is Cc1noc(-c2cncnc2NCC2COCCO2)n1. The van der Waals surface area contributed by atoms with E-state index >= 15 is 0 Å². The summed E-state index contributed by atoms with van der Waals surface area (Å²) in [5, 5.41) is 6.98. The van der Waals surface area contributed by atoms with Crippen molar-refractivity contribution in [2.45, 2.75) is 13.0 Å². The molecule has 1 aliphatic rings. The van der Waals surface area contributed by atoms with Gasteiger partial charge < -0.3 is 19.3 Å². The van der Waals surface area contributed by atoms with E-state index < -0.39 is 0 Å². The van der Waals surface area contributed by atoms with Crippen LogP contribution in [0.5, 0.6) is 0 Å². The zero-order valence-electron chi connectivity index (χ0n) is 11.1. The van der Waals surface area contributed by atoms with Crippen LogP contribution in [0.3, 0.4) is 0 Å². The Bertz CT molecular complexity index is 568. The standard InChI is InChI=1S/C12H15N5O3/c1-8-16-12(20-17-8)10-5-13-7-15-11(10)14-4-9-6-18-2-3-19-9/h5,7,9H,2-4,6H2,1H3,(H,13,14,15). The lowest BCUT2D eigenvalue weighted by molar-refractivity contribution is -0.0819. The number of aromatic nitrogens is 4. The molecule has 1 unspecified atom stereocenters. The van der Waals surface area contributed by atoms with E-state index in [1.54, 1.807) is 13.1 Å². The number of nitrogens with one attached hydrogen (secondary N) is 1. The molecule has 0 spiro atoms. The minimum Gasteiger partial charge on any atom is -0.376 e. The van der Waals surface area contributed by atoms with Gasteiger partial charge in [-0.3, -0.25) is 0 Å². The monoisotopic (exact) mass is 277 g/mol. The lowest BCUT2D eigenvalue weighted by atomic mass is 10.3. The van der Waals surface area contributed by atoms with Crippen molar-refractivity contribution in [3.05, 3.63) is 18.3 Å². The molecule has 1 atom stereocenters. The number of aryl methyl sites for hydroxylation is 1. The minimum atomic E-state index is 0.0102. The second-order valence-electron chi connectivity index (χ2n) is 4.38. The summed E-state index contributed by atoms with van der Waals surface area (Å²) in [6.45, 7) is 4.20. The smallest absolute Gasteiger partial charge is 0.263 e. The van der Waals surface area contributed by atoms with Crippen LogP contribution in [0.25, 0.3) is 11.5 Å². The molecule has 0 radical (unpaired) electrons. The first-order chi connectivity index (χ1) is 9.83. The molecule has 0 saturated carbocycles. The fourth-order valence-electron chi connectivity index (χ4n) is 1.90. The highest BCUT2D eigenvalue weighted by Crippen LogP contribution is 2.23. The van der Waals surface area contributed by atoms with Crippen LogP contribution in [-0.4, -0.2) is 52.6 Å². The fraction of sp³-hybridized carbons (Fsp3) is 0.500. The Morgan fingerprint density at radius 3 is 3.10 bits per heavy atom. The Morgan fingerprint density at radius 1 is 1.40 bits per heavy atom. The number of hydrogen-bond acceptors (Lipinski definition) is 8. The molecule has 106 valence electrons. The van der Waals surface area contributed by atoms with E-state index in [1.165, 1.54) is 6.33 Å². The van der Waals surface area contributed by atoms with Crippen LogP contribution in [0.4, 0.5) is 5.82 Å². The highest BCUT2D eigenvalue weighted by Gasteiger charge is 2.17. The summed E-state index contributed by atoms with van der Waals surface area (Å²) in [5.74, 6) is 1.60. The summed E-state index contributed by atoms with van der Waals surface area (Å²) in [6, 6.07) is 0. The van der Waals surface area contributed by atoms with Crippen molar-refractivity contribution < 1.29 is 14.0 Å². The quantitative estimate of drug-likeness (QED) is 0.871. The van der Waals surface area contributed by atoms with Gasteiger partial charge in [-0.2, -0.15) is 4.98 Å². The number of rotatable bonds is 4. The van der Waals surface area contributed by atoms with Crippen molar-refractivity contribution in [2.24, 2.45) is 0 Å². The van der Waals surface area contributed by atoms with Gasteiger partial charge in [-0.15, -0.1) is 0 Å². The van der Waals surface area contributed by atoms with E-state index in [1.807, 2.05) is 0 Å². The van der Waals surface area contributed by atoms with E-state index in [2.05, 4.69) is 25.4 Å². The average molecular weight is 277 g/mol. The van der Waals surface area contributed by atoms with Crippen molar-refractivity contribution in [2.75, 3.05) is 31.7 Å². The van der Waals surface area contributed by atoms with Crippen molar-refractivity contribution in [3.8, 4) is 11.5 Å². The van der Waals surface area contributed by atoms with Crippen LogP contribution >= 0.6 is 0 Å². The van der Waals surface area contributed by atoms with Gasteiger partial charge in [0.2, 0.25) is 0 Å². The first-order valence-electron chi connectivity index (χ1n) is 6.37. The molecular weight excluding hydrogens is 262 g/mol. The van der Waals surface area contributed by atoms with Gasteiger partial charge in [-0.05, 0) is 6.92 Å². The van der Waals surface area contributed by atoms with Crippen LogP contribution in [-0.2, 0) is 9.47 Å². The Labute approximate surface area is 115 Å². The zero-order valence-corrected chi connectivity index (χ0v) is 11.1. The molecule has 0 amide bonds. The predicted molar refractivity (Wildman–Crippen MR) is 69.1 cm³/mol. The molecule has 1 aliphatic heterocycles. The van der Waals surface area contributed by atoms with Gasteiger partial charge in [0.25, 0.3) is 5.89 Å². The third kappa shape index (κ3) is 2.91. The van der Waals surface area contributed by atoms with Gasteiger partial charge in [-0.25, -0.2) is 9.97 Å². The van der Waals surface area contributed by atoms with Crippen LogP contribution in [0.2, 0.25) is 0 Å². The fourth-order valence-corrected chi connectivity index (χ4v) is 1.90. The number of nitrogens with zero attached hydrogens (tertiary/aromatic N) is 4. The molecule has 1 saturated heterocycles. The van der Waals surface area contributed by atoms with E-state index in [-0.39, 0.29) is 6.10 Å². The van der Waals surface area contributed by atoms with Crippen LogP contribution in [0.1, 0.15) is 5.82 Å². The van der Waals surface area contributed by atoms with Gasteiger partial charge >= 0.3 is 0 Å². The molecule has 8 nitrogen and oxygen atoms in total. The normalized spacial score (nSPS) is 18.9. The molecule has 0 aliphatic carbocycles. The maximum absolute atomic E-state index is 5.57. The van der Waals surface area contributed by atoms with Crippen molar-refractivity contribution in [3.63, 3.8) is 0 Å². The van der Waals surface area contributed by atoms with E-state index in [9.17, 15) is 0 Å². The summed E-state index contributed by atoms with van der Waals surface area (Å²) in [6.07, 6.45) is 3.12. The second-order valence-corrected chi connectivity index (χ2v) is 4.38. The summed E-state index contributed by atoms with van der Waals surface area (Å²) >= 11 is 0. The highest BCUT2D eigenvalue weighted by atomic mass is 16.6. The van der Waals surface area contributed by atoms with E-state index in [0.29, 0.717) is 49.5 Å². The molecule has 2 aromatic heterocycles. The Kier molecular flexibility index (Phi) is 3.84. The molecule has 20 heavy (non-hydrogen) atoms. The van der Waals surface area contributed by atoms with Crippen molar-refractivity contribution >= 4 is 5.82 Å². The Hall–Kier alpha value is -2.06. The number of anilines is 1. The molecule has 0 aromatic carbocycles. The van der Waals surface area contributed by atoms with Crippen LogP contribution in [0, 0.1) is 6.92 Å². The summed E-state index contributed by atoms with van der Waals surface area (Å²) in [7, 11) is 0. The maximum Gasteiger partial charge on any atom is 0.263 e. The second kappa shape index (κ2) is 5.93. The lowest BCUT2D eigenvalue weighted by Crippen LogP contribution is -2.34. The average Bonchev–Trinajstić information content (AvgIpc) is 2.93. The molecule has 1 N–H and O–H groups in total. The minimum absolute atomic E-state index is 0.0102. The van der Waals surface area contributed by atoms with E-state index in [0.717, 1.165) is 0 Å². The topological polar surface area (TPSA) is 95.2 Å². The summed E-state index contributed by atoms with van der Waals surface area (Å²) < 4.78 is 16.1. The Balaban J connectivity index is 1.72. The maximum atomic E-state index is 5.57. The first-order valence-corrected chi connectivity index (χ1v) is 6.37. The van der Waals surface area contributed by atoms with E-state index in [4.69, 9.17) is 14.0 Å². The zero-order chi connectivity index (χ0) is 13.8. The molecule has 3 heterocycles. The van der Waals surface area contributed by atoms with Gasteiger partial charge in [-0.1, -0.05) is 5.16 Å². The summed E-state index contributed by atoms with van der Waals surface area (Å²) in [5.41, 5.74) is 0.671. The Morgan fingerprint density at radius 2 is 2.35 bits per heavy atom. The van der Waals surface area contributed by atoms with Gasteiger partial charge in [0, 0.05) is 12.7 Å². The highest BCUT2D eigenvalue weighted by molar-refractivity contribution is 5.67. The molecular formula is C12H15N5O3. The third-order valence-corrected chi connectivity index (χ3v) is 2.85. The van der Waals surface area contributed by atoms with Crippen LogP contribution < -0.4 is 5.32 Å². The first kappa shape index (κ1) is 12.9. The largest absolute Gasteiger partial charge is 0.376 e. The molecule has 3 rings (SSSR count). The van der Waals surface area contributed by atoms with Crippen molar-refractivity contribution in [1.82, 2.24) is 20.1 Å². The molecule has 0 bridgehead atoms. The molecule has 2 aromatic rings.